The topological polar surface area (TPSA) is 47.9 Å². The molecule has 0 spiro atoms. The highest BCUT2D eigenvalue weighted by atomic mass is 19.1. The highest BCUT2D eigenvalue weighted by Gasteiger charge is 2.38. The normalized spacial score (nSPS) is 14.9. The molecular weight excluding hydrogens is 201 g/mol. The molecule has 1 unspecified atom stereocenters. The van der Waals surface area contributed by atoms with Crippen molar-refractivity contribution >= 4 is 12.2 Å². The maximum Gasteiger partial charge on any atom is 0.349 e. The summed E-state index contributed by atoms with van der Waals surface area (Å²) >= 11 is 0. The number of oxime groups is 1. The quantitative estimate of drug-likeness (QED) is 0.374. The number of alkyl halides is 1. The second-order valence-electron chi connectivity index (χ2n) is 2.99. The van der Waals surface area contributed by atoms with Gasteiger partial charge in [0.1, 0.15) is 6.61 Å². The lowest BCUT2D eigenvalue weighted by atomic mass is 10.0. The maximum absolute atomic E-state index is 14.0. The molecule has 1 atom stereocenters. The van der Waals surface area contributed by atoms with Gasteiger partial charge < -0.3 is 9.57 Å². The summed E-state index contributed by atoms with van der Waals surface area (Å²) < 4.78 is 18.6. The van der Waals surface area contributed by atoms with E-state index in [2.05, 4.69) is 14.7 Å². The van der Waals surface area contributed by atoms with Crippen LogP contribution in [-0.4, -0.2) is 31.1 Å². The molecule has 0 bridgehead atoms. The minimum atomic E-state index is -2.17. The number of nitrogens with zero attached hydrogens (tertiary/aromatic N) is 1. The highest BCUT2D eigenvalue weighted by Crippen LogP contribution is 2.18. The summed E-state index contributed by atoms with van der Waals surface area (Å²) in [4.78, 5) is 15.9. The van der Waals surface area contributed by atoms with Crippen molar-refractivity contribution in [3.05, 3.63) is 0 Å². The van der Waals surface area contributed by atoms with Gasteiger partial charge in [-0.15, -0.1) is 0 Å². The van der Waals surface area contributed by atoms with Crippen molar-refractivity contribution in [2.45, 2.75) is 39.3 Å². The molecule has 0 aliphatic rings. The van der Waals surface area contributed by atoms with E-state index >= 15 is 0 Å². The van der Waals surface area contributed by atoms with Crippen LogP contribution in [0.4, 0.5) is 4.39 Å². The van der Waals surface area contributed by atoms with Crippen LogP contribution in [0.25, 0.3) is 0 Å². The second-order valence-corrected chi connectivity index (χ2v) is 2.99. The van der Waals surface area contributed by atoms with Crippen LogP contribution in [0.1, 0.15) is 33.6 Å². The highest BCUT2D eigenvalue weighted by molar-refractivity contribution is 5.98. The van der Waals surface area contributed by atoms with Gasteiger partial charge in [0.2, 0.25) is 5.67 Å². The Kier molecular flexibility index (Phi) is 6.66. The summed E-state index contributed by atoms with van der Waals surface area (Å²) in [5.74, 6) is -0.907. The third kappa shape index (κ3) is 4.76. The monoisotopic (exact) mass is 219 g/mol. The summed E-state index contributed by atoms with van der Waals surface area (Å²) in [6, 6.07) is 0. The first-order chi connectivity index (χ1) is 7.10. The third-order valence-corrected chi connectivity index (χ3v) is 1.69. The first-order valence-corrected chi connectivity index (χ1v) is 5.13. The molecule has 0 rings (SSSR count). The summed E-state index contributed by atoms with van der Waals surface area (Å²) in [6.45, 7) is 5.62. The minimum absolute atomic E-state index is 0.0441. The van der Waals surface area contributed by atoms with E-state index in [0.29, 0.717) is 13.0 Å². The van der Waals surface area contributed by atoms with Crippen molar-refractivity contribution in [1.29, 1.82) is 0 Å². The molecule has 88 valence electrons. The number of rotatable bonds is 7. The summed E-state index contributed by atoms with van der Waals surface area (Å²) in [6.07, 6.45) is 1.44. The molecule has 0 aromatic rings. The molecule has 0 heterocycles. The van der Waals surface area contributed by atoms with Gasteiger partial charge >= 0.3 is 5.97 Å². The molecule has 0 saturated carbocycles. The van der Waals surface area contributed by atoms with E-state index in [1.165, 1.54) is 0 Å². The van der Waals surface area contributed by atoms with E-state index in [0.717, 1.165) is 6.21 Å². The molecule has 5 heteroatoms. The van der Waals surface area contributed by atoms with Crippen LogP contribution in [0.15, 0.2) is 5.16 Å². The van der Waals surface area contributed by atoms with E-state index < -0.39 is 11.6 Å². The fourth-order valence-corrected chi connectivity index (χ4v) is 1.03. The van der Waals surface area contributed by atoms with E-state index in [9.17, 15) is 9.18 Å². The van der Waals surface area contributed by atoms with Gasteiger partial charge in [0.05, 0.1) is 12.8 Å². The van der Waals surface area contributed by atoms with Gasteiger partial charge in [-0.3, -0.25) is 0 Å². The zero-order chi connectivity index (χ0) is 11.7. The molecule has 0 aromatic carbocycles. The van der Waals surface area contributed by atoms with Gasteiger partial charge in [-0.25, -0.2) is 9.18 Å². The molecule has 0 fully saturated rings. The van der Waals surface area contributed by atoms with Gasteiger partial charge in [-0.2, -0.15) is 0 Å². The number of ether oxygens (including phenoxy) is 1. The Bertz CT molecular complexity index is 221. The van der Waals surface area contributed by atoms with Gasteiger partial charge in [0.15, 0.2) is 0 Å². The van der Waals surface area contributed by atoms with Gasteiger partial charge in [0, 0.05) is 0 Å². The summed E-state index contributed by atoms with van der Waals surface area (Å²) in [7, 11) is 0. The maximum atomic E-state index is 14.0. The van der Waals surface area contributed by atoms with Crippen LogP contribution >= 0.6 is 0 Å². The minimum Gasteiger partial charge on any atom is -0.463 e. The number of halogens is 1. The molecule has 0 amide bonds. The number of hydrogen-bond donors (Lipinski definition) is 0. The molecule has 0 N–H and O–H groups in total. The molecule has 0 radical (unpaired) electrons. The van der Waals surface area contributed by atoms with Crippen LogP contribution in [0, 0.1) is 0 Å². The lowest BCUT2D eigenvalue weighted by Gasteiger charge is -2.17. The Morgan fingerprint density at radius 3 is 2.53 bits per heavy atom. The third-order valence-electron chi connectivity index (χ3n) is 1.69. The van der Waals surface area contributed by atoms with Crippen molar-refractivity contribution in [3.8, 4) is 0 Å². The molecule has 0 aliphatic carbocycles. The Morgan fingerprint density at radius 1 is 1.40 bits per heavy atom. The Labute approximate surface area is 89.4 Å². The largest absolute Gasteiger partial charge is 0.463 e. The first kappa shape index (κ1) is 13.9. The molecule has 0 aliphatic heterocycles. The molecule has 0 saturated heterocycles. The second kappa shape index (κ2) is 7.20. The predicted molar refractivity (Wildman–Crippen MR) is 55.5 cm³/mol. The standard InChI is InChI=1S/C10H18FNO3/c1-4-7-10(11,8-12-15-6-3)9(13)14-5-2/h8H,4-7H2,1-3H3/b12-8+. The lowest BCUT2D eigenvalue weighted by molar-refractivity contribution is -0.152. The average molecular weight is 219 g/mol. The zero-order valence-electron chi connectivity index (χ0n) is 9.46. The summed E-state index contributed by atoms with van der Waals surface area (Å²) in [5.41, 5.74) is -2.17. The Balaban J connectivity index is 4.49. The van der Waals surface area contributed by atoms with Crippen LogP contribution in [0.2, 0.25) is 0 Å². The van der Waals surface area contributed by atoms with Crippen LogP contribution in [0.3, 0.4) is 0 Å². The fraction of sp³-hybridized carbons (Fsp3) is 0.800. The van der Waals surface area contributed by atoms with Crippen LogP contribution in [-0.2, 0) is 14.4 Å². The number of carbonyl (C=O) groups excluding carboxylic acids is 1. The number of carbonyl (C=O) groups is 1. The molecule has 15 heavy (non-hydrogen) atoms. The van der Waals surface area contributed by atoms with Crippen molar-refractivity contribution in [2.75, 3.05) is 13.2 Å². The van der Waals surface area contributed by atoms with Gasteiger partial charge in [-0.05, 0) is 20.3 Å². The van der Waals surface area contributed by atoms with Crippen LogP contribution in [0.5, 0.6) is 0 Å². The van der Waals surface area contributed by atoms with E-state index in [1.54, 1.807) is 20.8 Å². The van der Waals surface area contributed by atoms with E-state index in [-0.39, 0.29) is 13.0 Å². The predicted octanol–water partition coefficient (Wildman–Crippen LogP) is 2.08. The number of hydrogen-bond acceptors (Lipinski definition) is 4. The molecular formula is C10H18FNO3. The van der Waals surface area contributed by atoms with Crippen molar-refractivity contribution < 1.29 is 18.8 Å². The number of esters is 1. The van der Waals surface area contributed by atoms with E-state index in [1.807, 2.05) is 0 Å². The SMILES string of the molecule is CCCC(F)(/C=N/OCC)C(=O)OCC. The van der Waals surface area contributed by atoms with Crippen molar-refractivity contribution in [2.24, 2.45) is 5.16 Å². The Morgan fingerprint density at radius 2 is 2.07 bits per heavy atom. The lowest BCUT2D eigenvalue weighted by Crippen LogP contribution is -2.37. The van der Waals surface area contributed by atoms with E-state index in [4.69, 9.17) is 0 Å². The smallest absolute Gasteiger partial charge is 0.349 e. The zero-order valence-corrected chi connectivity index (χ0v) is 9.46. The van der Waals surface area contributed by atoms with Crippen LogP contribution < -0.4 is 0 Å². The molecule has 4 nitrogen and oxygen atoms in total. The van der Waals surface area contributed by atoms with Gasteiger partial charge in [0.25, 0.3) is 0 Å². The summed E-state index contributed by atoms with van der Waals surface area (Å²) in [5, 5.41) is 3.38. The fourth-order valence-electron chi connectivity index (χ4n) is 1.03. The van der Waals surface area contributed by atoms with Crippen molar-refractivity contribution in [3.63, 3.8) is 0 Å². The van der Waals surface area contributed by atoms with Gasteiger partial charge in [-0.1, -0.05) is 18.5 Å². The average Bonchev–Trinajstić information content (AvgIpc) is 2.19. The van der Waals surface area contributed by atoms with Crippen molar-refractivity contribution in [1.82, 2.24) is 0 Å². The first-order valence-electron chi connectivity index (χ1n) is 5.13. The molecule has 0 aromatic heterocycles. The Hall–Kier alpha value is -1.13.